The lowest BCUT2D eigenvalue weighted by molar-refractivity contribution is -0.463. The average molecular weight is 204 g/mol. The number of benzene rings is 1. The molecule has 0 saturated heterocycles. The van der Waals surface area contributed by atoms with Gasteiger partial charge >= 0.3 is 0 Å². The Hall–Kier alpha value is -1.71. The molecule has 2 rings (SSSR count). The summed E-state index contributed by atoms with van der Waals surface area (Å²) in [7, 11) is 0. The number of hydrogen-bond acceptors (Lipinski definition) is 3. The van der Waals surface area contributed by atoms with Gasteiger partial charge in [-0.05, 0) is 5.56 Å². The molecular weight excluding hydrogens is 192 g/mol. The van der Waals surface area contributed by atoms with Gasteiger partial charge in [0.1, 0.15) is 0 Å². The van der Waals surface area contributed by atoms with Crippen molar-refractivity contribution in [3.63, 3.8) is 0 Å². The highest BCUT2D eigenvalue weighted by atomic mass is 16.6. The van der Waals surface area contributed by atoms with E-state index in [1.165, 1.54) is 5.56 Å². The van der Waals surface area contributed by atoms with Crippen molar-refractivity contribution in [2.24, 2.45) is 4.99 Å². The van der Waals surface area contributed by atoms with Crippen LogP contribution in [-0.2, 0) is 0 Å². The number of nitro groups is 1. The summed E-state index contributed by atoms with van der Waals surface area (Å²) in [6, 6.07) is 10.0. The summed E-state index contributed by atoms with van der Waals surface area (Å²) in [5, 5.41) is 10.3. The van der Waals surface area contributed by atoms with Gasteiger partial charge in [-0.1, -0.05) is 30.3 Å². The van der Waals surface area contributed by atoms with Crippen LogP contribution in [0.2, 0.25) is 0 Å². The Bertz CT molecular complexity index is 387. The molecule has 1 aromatic carbocycles. The number of hydrogen-bond donors (Lipinski definition) is 0. The van der Waals surface area contributed by atoms with Crippen molar-refractivity contribution in [2.75, 3.05) is 13.1 Å². The highest BCUT2D eigenvalue weighted by Gasteiger charge is 2.22. The first-order valence-electron chi connectivity index (χ1n) is 4.94. The Kier molecular flexibility index (Phi) is 2.76. The second-order valence-corrected chi connectivity index (χ2v) is 3.71. The first-order chi connectivity index (χ1) is 7.25. The molecule has 0 bridgehead atoms. The van der Waals surface area contributed by atoms with Crippen LogP contribution in [0.15, 0.2) is 35.3 Å². The van der Waals surface area contributed by atoms with Gasteiger partial charge in [0, 0.05) is 23.8 Å². The molecule has 0 N–H and O–H groups in total. The maximum atomic E-state index is 10.3. The summed E-state index contributed by atoms with van der Waals surface area (Å²) in [5.74, 6) is 0.334. The summed E-state index contributed by atoms with van der Waals surface area (Å²) < 4.78 is 0. The predicted octanol–water partition coefficient (Wildman–Crippen LogP) is 1.89. The van der Waals surface area contributed by atoms with E-state index in [2.05, 4.69) is 17.1 Å². The minimum Gasteiger partial charge on any atom is -0.287 e. The van der Waals surface area contributed by atoms with Crippen LogP contribution in [0.5, 0.6) is 0 Å². The van der Waals surface area contributed by atoms with Crippen LogP contribution in [-0.4, -0.2) is 23.7 Å². The van der Waals surface area contributed by atoms with E-state index in [0.717, 1.165) is 6.42 Å². The third-order valence-corrected chi connectivity index (χ3v) is 2.60. The summed E-state index contributed by atoms with van der Waals surface area (Å²) in [6.07, 6.45) is 0.727. The first-order valence-corrected chi connectivity index (χ1v) is 4.94. The largest absolute Gasteiger partial charge is 0.287 e. The Morgan fingerprint density at radius 3 is 2.80 bits per heavy atom. The summed E-state index contributed by atoms with van der Waals surface area (Å²) in [4.78, 5) is 14.2. The van der Waals surface area contributed by atoms with Gasteiger partial charge in [-0.3, -0.25) is 15.1 Å². The molecule has 1 atom stereocenters. The van der Waals surface area contributed by atoms with E-state index >= 15 is 0 Å². The number of aliphatic imine (C=N–C) groups is 1. The maximum absolute atomic E-state index is 10.3. The smallest absolute Gasteiger partial charge is 0.241 e. The van der Waals surface area contributed by atoms with E-state index in [4.69, 9.17) is 0 Å². The minimum absolute atomic E-state index is 0.108. The molecule has 1 heterocycles. The second-order valence-electron chi connectivity index (χ2n) is 3.71. The van der Waals surface area contributed by atoms with E-state index in [9.17, 15) is 10.1 Å². The van der Waals surface area contributed by atoms with Crippen LogP contribution < -0.4 is 0 Å². The summed E-state index contributed by atoms with van der Waals surface area (Å²) in [5.41, 5.74) is 1.94. The van der Waals surface area contributed by atoms with Crippen LogP contribution in [0.3, 0.4) is 0 Å². The van der Waals surface area contributed by atoms with Gasteiger partial charge < -0.3 is 0 Å². The molecule has 4 heteroatoms. The Balaban J connectivity index is 1.99. The molecule has 1 aromatic rings. The molecule has 1 aliphatic rings. The predicted molar refractivity (Wildman–Crippen MR) is 58.0 cm³/mol. The fourth-order valence-corrected chi connectivity index (χ4v) is 1.86. The zero-order valence-electron chi connectivity index (χ0n) is 8.30. The average Bonchev–Trinajstić information content (AvgIpc) is 2.67. The standard InChI is InChI=1S/C11H12N2O2/c14-13(15)8-11-6-10(7-12-11)9-4-2-1-3-5-9/h1-5,10H,6-8H2. The molecule has 78 valence electrons. The van der Waals surface area contributed by atoms with Gasteiger partial charge in [-0.25, -0.2) is 0 Å². The fraction of sp³-hybridized carbons (Fsp3) is 0.364. The molecule has 0 fully saturated rings. The van der Waals surface area contributed by atoms with Gasteiger partial charge in [0.2, 0.25) is 6.54 Å². The molecule has 0 amide bonds. The maximum Gasteiger partial charge on any atom is 0.241 e. The monoisotopic (exact) mass is 204 g/mol. The van der Waals surface area contributed by atoms with E-state index in [1.807, 2.05) is 18.2 Å². The molecular formula is C11H12N2O2. The molecule has 15 heavy (non-hydrogen) atoms. The first kappa shape index (κ1) is 9.83. The highest BCUT2D eigenvalue weighted by Crippen LogP contribution is 2.25. The van der Waals surface area contributed by atoms with E-state index in [0.29, 0.717) is 18.2 Å². The van der Waals surface area contributed by atoms with Crippen molar-refractivity contribution in [3.05, 3.63) is 46.0 Å². The van der Waals surface area contributed by atoms with Crippen molar-refractivity contribution in [2.45, 2.75) is 12.3 Å². The lowest BCUT2D eigenvalue weighted by Crippen LogP contribution is -2.12. The third-order valence-electron chi connectivity index (χ3n) is 2.60. The molecule has 0 radical (unpaired) electrons. The third kappa shape index (κ3) is 2.40. The van der Waals surface area contributed by atoms with E-state index in [-0.39, 0.29) is 11.5 Å². The van der Waals surface area contributed by atoms with Crippen molar-refractivity contribution in [1.29, 1.82) is 0 Å². The number of nitrogens with zero attached hydrogens (tertiary/aromatic N) is 2. The van der Waals surface area contributed by atoms with E-state index in [1.54, 1.807) is 0 Å². The Morgan fingerprint density at radius 2 is 2.13 bits per heavy atom. The Morgan fingerprint density at radius 1 is 1.40 bits per heavy atom. The second kappa shape index (κ2) is 4.21. The summed E-state index contributed by atoms with van der Waals surface area (Å²) >= 11 is 0. The van der Waals surface area contributed by atoms with Crippen molar-refractivity contribution in [1.82, 2.24) is 0 Å². The van der Waals surface area contributed by atoms with E-state index < -0.39 is 0 Å². The zero-order chi connectivity index (χ0) is 10.7. The van der Waals surface area contributed by atoms with Crippen LogP contribution in [0.25, 0.3) is 0 Å². The lowest BCUT2D eigenvalue weighted by Gasteiger charge is -2.07. The minimum atomic E-state index is -0.313. The van der Waals surface area contributed by atoms with Crippen molar-refractivity contribution >= 4 is 5.71 Å². The van der Waals surface area contributed by atoms with Crippen LogP contribution in [0.4, 0.5) is 0 Å². The van der Waals surface area contributed by atoms with Crippen molar-refractivity contribution < 1.29 is 4.92 Å². The molecule has 0 saturated carbocycles. The quantitative estimate of drug-likeness (QED) is 0.557. The molecule has 1 unspecified atom stereocenters. The van der Waals surface area contributed by atoms with Gasteiger partial charge in [-0.15, -0.1) is 0 Å². The fourth-order valence-electron chi connectivity index (χ4n) is 1.86. The molecule has 1 aliphatic heterocycles. The molecule has 0 aromatic heterocycles. The lowest BCUT2D eigenvalue weighted by atomic mass is 9.96. The molecule has 4 nitrogen and oxygen atoms in total. The summed E-state index contributed by atoms with van der Waals surface area (Å²) in [6.45, 7) is 0.580. The van der Waals surface area contributed by atoms with Gasteiger partial charge in [0.15, 0.2) is 0 Å². The Labute approximate surface area is 87.8 Å². The molecule has 0 aliphatic carbocycles. The molecule has 0 spiro atoms. The normalized spacial score (nSPS) is 20.0. The zero-order valence-corrected chi connectivity index (χ0v) is 8.30. The SMILES string of the molecule is O=[N+]([O-])CC1=NCC(c2ccccc2)C1. The van der Waals surface area contributed by atoms with Gasteiger partial charge in [-0.2, -0.15) is 0 Å². The van der Waals surface area contributed by atoms with Crippen LogP contribution in [0, 0.1) is 10.1 Å². The van der Waals surface area contributed by atoms with Gasteiger partial charge in [0.25, 0.3) is 0 Å². The highest BCUT2D eigenvalue weighted by molar-refractivity contribution is 5.87. The number of rotatable bonds is 3. The topological polar surface area (TPSA) is 55.5 Å². The van der Waals surface area contributed by atoms with Crippen molar-refractivity contribution in [3.8, 4) is 0 Å². The van der Waals surface area contributed by atoms with Gasteiger partial charge in [0.05, 0.1) is 5.71 Å². The van der Waals surface area contributed by atoms with Crippen LogP contribution in [0.1, 0.15) is 17.9 Å². The van der Waals surface area contributed by atoms with Crippen LogP contribution >= 0.6 is 0 Å².